The lowest BCUT2D eigenvalue weighted by Gasteiger charge is -2.10. The average Bonchev–Trinajstić information content (AvgIpc) is 3.15. The van der Waals surface area contributed by atoms with Gasteiger partial charge in [0.15, 0.2) is 5.82 Å². The Morgan fingerprint density at radius 1 is 1.28 bits per heavy atom. The van der Waals surface area contributed by atoms with E-state index >= 15 is 0 Å². The standard InChI is InChI=1S/C19H19N5O4S/c1-12-7-3-6-10-16(12)28-11-17-21-19(23-22-17)29-13(2)18(25)20-14-8-4-5-9-15(14)24(26)27/h3-10,13H,11H2,1-2H3,(H,20,25)(H,21,22,23)/t13-/m0/s1. The number of thioether (sulfide) groups is 1. The number of hydrogen-bond acceptors (Lipinski definition) is 7. The van der Waals surface area contributed by atoms with Gasteiger partial charge in [0.1, 0.15) is 18.0 Å². The molecule has 1 aromatic heterocycles. The number of ether oxygens (including phenoxy) is 1. The summed E-state index contributed by atoms with van der Waals surface area (Å²) in [6.45, 7) is 3.85. The number of nitro benzene ring substituents is 1. The Morgan fingerprint density at radius 2 is 2.00 bits per heavy atom. The van der Waals surface area contributed by atoms with E-state index in [2.05, 4.69) is 20.5 Å². The van der Waals surface area contributed by atoms with E-state index in [1.54, 1.807) is 19.1 Å². The highest BCUT2D eigenvalue weighted by atomic mass is 32.2. The molecule has 9 nitrogen and oxygen atoms in total. The summed E-state index contributed by atoms with van der Waals surface area (Å²) < 4.78 is 5.72. The zero-order chi connectivity index (χ0) is 20.8. The van der Waals surface area contributed by atoms with Crippen molar-refractivity contribution in [3.63, 3.8) is 0 Å². The van der Waals surface area contributed by atoms with Crippen LogP contribution in [0.4, 0.5) is 11.4 Å². The van der Waals surface area contributed by atoms with E-state index in [-0.39, 0.29) is 23.9 Å². The van der Waals surface area contributed by atoms with Crippen molar-refractivity contribution in [1.82, 2.24) is 15.2 Å². The first-order valence-corrected chi connectivity index (χ1v) is 9.62. The van der Waals surface area contributed by atoms with Crippen molar-refractivity contribution >= 4 is 29.0 Å². The van der Waals surface area contributed by atoms with Crippen LogP contribution in [0, 0.1) is 17.0 Å². The topological polar surface area (TPSA) is 123 Å². The minimum Gasteiger partial charge on any atom is -0.485 e. The number of rotatable bonds is 8. The van der Waals surface area contributed by atoms with Crippen molar-refractivity contribution in [3.05, 3.63) is 70.0 Å². The number of amides is 1. The van der Waals surface area contributed by atoms with Crippen molar-refractivity contribution in [1.29, 1.82) is 0 Å². The summed E-state index contributed by atoms with van der Waals surface area (Å²) in [5.74, 6) is 0.907. The monoisotopic (exact) mass is 413 g/mol. The van der Waals surface area contributed by atoms with Crippen LogP contribution in [0.3, 0.4) is 0 Å². The molecule has 0 saturated carbocycles. The molecule has 1 amide bonds. The summed E-state index contributed by atoms with van der Waals surface area (Å²) in [5.41, 5.74) is 1.01. The van der Waals surface area contributed by atoms with Crippen LogP contribution in [0.25, 0.3) is 0 Å². The lowest BCUT2D eigenvalue weighted by Crippen LogP contribution is -2.23. The van der Waals surface area contributed by atoms with Crippen LogP contribution in [0.2, 0.25) is 0 Å². The molecule has 0 bridgehead atoms. The Morgan fingerprint density at radius 3 is 2.76 bits per heavy atom. The zero-order valence-corrected chi connectivity index (χ0v) is 16.6. The summed E-state index contributed by atoms with van der Waals surface area (Å²) in [5, 5.41) is 20.3. The first-order chi connectivity index (χ1) is 13.9. The Balaban J connectivity index is 1.57. The minimum absolute atomic E-state index is 0.150. The lowest BCUT2D eigenvalue weighted by atomic mass is 10.2. The van der Waals surface area contributed by atoms with Crippen LogP contribution in [0.5, 0.6) is 5.75 Å². The highest BCUT2D eigenvalue weighted by Crippen LogP contribution is 2.26. The fourth-order valence-corrected chi connectivity index (χ4v) is 3.19. The molecule has 3 rings (SSSR count). The van der Waals surface area contributed by atoms with E-state index in [4.69, 9.17) is 4.74 Å². The van der Waals surface area contributed by atoms with Crippen LogP contribution < -0.4 is 10.1 Å². The lowest BCUT2D eigenvalue weighted by molar-refractivity contribution is -0.383. The van der Waals surface area contributed by atoms with Gasteiger partial charge in [-0.1, -0.05) is 42.1 Å². The number of nitro groups is 1. The fourth-order valence-electron chi connectivity index (χ4n) is 2.44. The Bertz CT molecular complexity index is 1020. The molecule has 0 radical (unpaired) electrons. The number of benzene rings is 2. The number of aryl methyl sites for hydroxylation is 1. The number of aromatic amines is 1. The van der Waals surface area contributed by atoms with Gasteiger partial charge in [-0.05, 0) is 31.5 Å². The summed E-state index contributed by atoms with van der Waals surface area (Å²) >= 11 is 1.14. The largest absolute Gasteiger partial charge is 0.485 e. The number of nitrogens with one attached hydrogen (secondary N) is 2. The van der Waals surface area contributed by atoms with E-state index in [1.165, 1.54) is 12.1 Å². The number of para-hydroxylation sites is 3. The van der Waals surface area contributed by atoms with Crippen LogP contribution in [-0.2, 0) is 11.4 Å². The number of anilines is 1. The van der Waals surface area contributed by atoms with Gasteiger partial charge in [0.2, 0.25) is 11.1 Å². The molecule has 0 aliphatic carbocycles. The van der Waals surface area contributed by atoms with Gasteiger partial charge in [0.05, 0.1) is 10.2 Å². The van der Waals surface area contributed by atoms with Crippen molar-refractivity contribution in [2.24, 2.45) is 0 Å². The SMILES string of the molecule is Cc1ccccc1OCc1nc(S[C@@H](C)C(=O)Nc2ccccc2[N+](=O)[O-])n[nH]1. The highest BCUT2D eigenvalue weighted by molar-refractivity contribution is 8.00. The van der Waals surface area contributed by atoms with Gasteiger partial charge in [0.25, 0.3) is 5.69 Å². The summed E-state index contributed by atoms with van der Waals surface area (Å²) in [7, 11) is 0. The van der Waals surface area contributed by atoms with E-state index < -0.39 is 10.2 Å². The highest BCUT2D eigenvalue weighted by Gasteiger charge is 2.21. The second-order valence-electron chi connectivity index (χ2n) is 6.14. The number of nitrogens with zero attached hydrogens (tertiary/aromatic N) is 3. The molecule has 0 aliphatic rings. The second-order valence-corrected chi connectivity index (χ2v) is 7.45. The first kappa shape index (κ1) is 20.3. The molecule has 0 aliphatic heterocycles. The molecule has 0 unspecified atom stereocenters. The summed E-state index contributed by atoms with van der Waals surface area (Å²) in [6.07, 6.45) is 0. The van der Waals surface area contributed by atoms with Crippen molar-refractivity contribution in [2.75, 3.05) is 5.32 Å². The maximum Gasteiger partial charge on any atom is 0.292 e. The molecular formula is C19H19N5O4S. The zero-order valence-electron chi connectivity index (χ0n) is 15.8. The van der Waals surface area contributed by atoms with Gasteiger partial charge in [-0.3, -0.25) is 20.0 Å². The van der Waals surface area contributed by atoms with Gasteiger partial charge >= 0.3 is 0 Å². The van der Waals surface area contributed by atoms with Crippen LogP contribution in [0.1, 0.15) is 18.3 Å². The molecule has 0 fully saturated rings. The average molecular weight is 413 g/mol. The third kappa shape index (κ3) is 5.32. The Kier molecular flexibility index (Phi) is 6.45. The molecule has 0 saturated heterocycles. The van der Waals surface area contributed by atoms with Crippen LogP contribution in [-0.4, -0.2) is 31.3 Å². The van der Waals surface area contributed by atoms with Crippen molar-refractivity contribution in [3.8, 4) is 5.75 Å². The predicted octanol–water partition coefficient (Wildman–Crippen LogP) is 3.72. The van der Waals surface area contributed by atoms with E-state index in [9.17, 15) is 14.9 Å². The van der Waals surface area contributed by atoms with E-state index in [0.29, 0.717) is 11.0 Å². The molecule has 29 heavy (non-hydrogen) atoms. The number of carbonyl (C=O) groups is 1. The van der Waals surface area contributed by atoms with Gasteiger partial charge < -0.3 is 10.1 Å². The van der Waals surface area contributed by atoms with Gasteiger partial charge in [-0.15, -0.1) is 5.10 Å². The molecule has 2 aromatic carbocycles. The van der Waals surface area contributed by atoms with Gasteiger partial charge in [-0.25, -0.2) is 4.98 Å². The Labute approximate surface area is 171 Å². The second kappa shape index (κ2) is 9.20. The van der Waals surface area contributed by atoms with Gasteiger partial charge in [0, 0.05) is 6.07 Å². The van der Waals surface area contributed by atoms with Crippen LogP contribution in [0.15, 0.2) is 53.7 Å². The Hall–Kier alpha value is -3.40. The third-order valence-electron chi connectivity index (χ3n) is 3.98. The first-order valence-electron chi connectivity index (χ1n) is 8.74. The number of aromatic nitrogens is 3. The molecule has 2 N–H and O–H groups in total. The van der Waals surface area contributed by atoms with E-state index in [0.717, 1.165) is 23.1 Å². The smallest absolute Gasteiger partial charge is 0.292 e. The van der Waals surface area contributed by atoms with E-state index in [1.807, 2.05) is 31.2 Å². The molecule has 1 atom stereocenters. The number of carbonyl (C=O) groups excluding carboxylic acids is 1. The quantitative estimate of drug-likeness (QED) is 0.328. The summed E-state index contributed by atoms with van der Waals surface area (Å²) in [6, 6.07) is 13.6. The van der Waals surface area contributed by atoms with Crippen molar-refractivity contribution < 1.29 is 14.5 Å². The maximum atomic E-state index is 12.4. The summed E-state index contributed by atoms with van der Waals surface area (Å²) in [4.78, 5) is 27.2. The minimum atomic E-state index is -0.559. The van der Waals surface area contributed by atoms with Crippen molar-refractivity contribution in [2.45, 2.75) is 30.9 Å². The molecule has 0 spiro atoms. The normalized spacial score (nSPS) is 11.7. The molecule has 1 heterocycles. The maximum absolute atomic E-state index is 12.4. The molecular weight excluding hydrogens is 394 g/mol. The fraction of sp³-hybridized carbons (Fsp3) is 0.211. The molecule has 10 heteroatoms. The number of hydrogen-bond donors (Lipinski definition) is 2. The predicted molar refractivity (Wildman–Crippen MR) is 109 cm³/mol. The molecule has 150 valence electrons. The van der Waals surface area contributed by atoms with Crippen LogP contribution >= 0.6 is 11.8 Å². The molecule has 3 aromatic rings. The van der Waals surface area contributed by atoms with Gasteiger partial charge in [-0.2, -0.15) is 0 Å². The number of H-pyrrole nitrogens is 1. The third-order valence-corrected chi connectivity index (χ3v) is 4.94.